The lowest BCUT2D eigenvalue weighted by Crippen LogP contribution is -2.46. The standard InChI is InChI=1S/C19H34NO4/c1-7-23-17(22)13-20(5,6)11-9-16(21)24-15-12-14-8-10-19(15,4)18(14,2)3/h14-15H,7-13H2,1-6H3/q+1. The molecule has 0 spiro atoms. The minimum atomic E-state index is -0.224. The number of carbonyl (C=O) groups excluding carboxylic acids is 2. The molecule has 0 radical (unpaired) electrons. The highest BCUT2D eigenvalue weighted by molar-refractivity contribution is 5.71. The Morgan fingerprint density at radius 1 is 1.17 bits per heavy atom. The van der Waals surface area contributed by atoms with Gasteiger partial charge in [-0.1, -0.05) is 20.8 Å². The topological polar surface area (TPSA) is 52.6 Å². The monoisotopic (exact) mass is 340 g/mol. The lowest BCUT2D eigenvalue weighted by molar-refractivity contribution is -0.882. The van der Waals surface area contributed by atoms with E-state index in [0.717, 1.165) is 12.8 Å². The first kappa shape index (κ1) is 19.2. The van der Waals surface area contributed by atoms with Crippen LogP contribution in [0.4, 0.5) is 0 Å². The van der Waals surface area contributed by atoms with Gasteiger partial charge in [0.1, 0.15) is 6.10 Å². The quantitative estimate of drug-likeness (QED) is 0.528. The molecule has 0 N–H and O–H groups in total. The lowest BCUT2D eigenvalue weighted by atomic mass is 9.70. The Hall–Kier alpha value is -1.10. The third-order valence-electron chi connectivity index (χ3n) is 6.77. The first-order valence-corrected chi connectivity index (χ1v) is 9.19. The first-order chi connectivity index (χ1) is 11.0. The average molecular weight is 340 g/mol. The molecule has 24 heavy (non-hydrogen) atoms. The van der Waals surface area contributed by atoms with Crippen LogP contribution in [0, 0.1) is 16.7 Å². The largest absolute Gasteiger partial charge is 0.462 e. The zero-order valence-corrected chi connectivity index (χ0v) is 16.2. The molecule has 0 saturated heterocycles. The van der Waals surface area contributed by atoms with Gasteiger partial charge in [0, 0.05) is 5.41 Å². The van der Waals surface area contributed by atoms with E-state index in [0.29, 0.717) is 30.0 Å². The van der Waals surface area contributed by atoms with E-state index < -0.39 is 0 Å². The van der Waals surface area contributed by atoms with Crippen LogP contribution in [-0.2, 0) is 19.1 Å². The molecule has 138 valence electrons. The van der Waals surface area contributed by atoms with Crippen LogP contribution in [0.2, 0.25) is 0 Å². The van der Waals surface area contributed by atoms with Crippen LogP contribution < -0.4 is 0 Å². The van der Waals surface area contributed by atoms with E-state index in [1.54, 1.807) is 6.92 Å². The zero-order chi connectivity index (χ0) is 18.2. The maximum atomic E-state index is 12.3. The van der Waals surface area contributed by atoms with Gasteiger partial charge in [0.2, 0.25) is 0 Å². The van der Waals surface area contributed by atoms with Gasteiger partial charge in [-0.3, -0.25) is 4.79 Å². The Labute approximate surface area is 146 Å². The van der Waals surface area contributed by atoms with Gasteiger partial charge in [0.15, 0.2) is 6.54 Å². The molecule has 2 aliphatic rings. The van der Waals surface area contributed by atoms with Crippen molar-refractivity contribution in [3.8, 4) is 0 Å². The molecule has 0 aliphatic heterocycles. The molecule has 2 saturated carbocycles. The van der Waals surface area contributed by atoms with Crippen molar-refractivity contribution in [2.75, 3.05) is 33.8 Å². The van der Waals surface area contributed by atoms with Crippen molar-refractivity contribution in [3.63, 3.8) is 0 Å². The Kier molecular flexibility index (Phi) is 5.34. The van der Waals surface area contributed by atoms with Crippen molar-refractivity contribution in [1.29, 1.82) is 0 Å². The molecule has 3 atom stereocenters. The number of carbonyl (C=O) groups is 2. The van der Waals surface area contributed by atoms with Crippen LogP contribution in [0.25, 0.3) is 0 Å². The van der Waals surface area contributed by atoms with E-state index >= 15 is 0 Å². The van der Waals surface area contributed by atoms with E-state index in [1.165, 1.54) is 6.42 Å². The molecular weight excluding hydrogens is 306 g/mol. The van der Waals surface area contributed by atoms with Gasteiger partial charge in [0.25, 0.3) is 0 Å². The summed E-state index contributed by atoms with van der Waals surface area (Å²) < 4.78 is 11.3. The molecular formula is C19H34NO4+. The van der Waals surface area contributed by atoms with Gasteiger partial charge in [-0.15, -0.1) is 0 Å². The Balaban J connectivity index is 1.83. The smallest absolute Gasteiger partial charge is 0.361 e. The molecule has 0 aromatic heterocycles. The van der Waals surface area contributed by atoms with E-state index in [1.807, 2.05) is 14.1 Å². The minimum Gasteiger partial charge on any atom is -0.462 e. The summed E-state index contributed by atoms with van der Waals surface area (Å²) in [5, 5.41) is 0. The van der Waals surface area contributed by atoms with Crippen LogP contribution in [0.15, 0.2) is 0 Å². The molecule has 2 rings (SSSR count). The second kappa shape index (κ2) is 6.66. The Morgan fingerprint density at radius 2 is 1.83 bits per heavy atom. The number of hydrogen-bond donors (Lipinski definition) is 0. The van der Waals surface area contributed by atoms with Crippen molar-refractivity contribution in [3.05, 3.63) is 0 Å². The summed E-state index contributed by atoms with van der Waals surface area (Å²) in [4.78, 5) is 24.0. The highest BCUT2D eigenvalue weighted by Gasteiger charge is 2.62. The number of quaternary nitrogens is 1. The predicted molar refractivity (Wildman–Crippen MR) is 92.2 cm³/mol. The SMILES string of the molecule is CCOC(=O)C[N+](C)(C)CCC(=O)OC1CC2CCC1(C)C2(C)C. The van der Waals surface area contributed by atoms with E-state index in [4.69, 9.17) is 9.47 Å². The van der Waals surface area contributed by atoms with Crippen LogP contribution >= 0.6 is 0 Å². The fourth-order valence-electron chi connectivity index (χ4n) is 4.56. The molecule has 5 heteroatoms. The average Bonchev–Trinajstić information content (AvgIpc) is 2.78. The molecule has 0 aromatic carbocycles. The van der Waals surface area contributed by atoms with Crippen LogP contribution in [0.1, 0.15) is 53.4 Å². The number of ether oxygens (including phenoxy) is 2. The van der Waals surface area contributed by atoms with Gasteiger partial charge >= 0.3 is 11.9 Å². The molecule has 5 nitrogen and oxygen atoms in total. The molecule has 0 aromatic rings. The Morgan fingerprint density at radius 3 is 2.33 bits per heavy atom. The molecule has 2 fully saturated rings. The normalized spacial score (nSPS) is 31.1. The predicted octanol–water partition coefficient (Wildman–Crippen LogP) is 2.77. The summed E-state index contributed by atoms with van der Waals surface area (Å²) in [6, 6.07) is 0. The van der Waals surface area contributed by atoms with Crippen LogP contribution in [0.5, 0.6) is 0 Å². The molecule has 2 aliphatic carbocycles. The van der Waals surface area contributed by atoms with Crippen molar-refractivity contribution in [1.82, 2.24) is 0 Å². The maximum absolute atomic E-state index is 12.3. The fourth-order valence-corrected chi connectivity index (χ4v) is 4.56. The summed E-state index contributed by atoms with van der Waals surface area (Å²) in [7, 11) is 3.87. The molecule has 0 amide bonds. The summed E-state index contributed by atoms with van der Waals surface area (Å²) in [5.74, 6) is 0.300. The summed E-state index contributed by atoms with van der Waals surface area (Å²) in [6.45, 7) is 9.95. The van der Waals surface area contributed by atoms with Crippen LogP contribution in [-0.4, -0.2) is 56.3 Å². The fraction of sp³-hybridized carbons (Fsp3) is 0.895. The highest BCUT2D eigenvalue weighted by atomic mass is 16.5. The van der Waals surface area contributed by atoms with Crippen molar-refractivity contribution >= 4 is 11.9 Å². The molecule has 0 heterocycles. The zero-order valence-electron chi connectivity index (χ0n) is 16.2. The third-order valence-corrected chi connectivity index (χ3v) is 6.77. The van der Waals surface area contributed by atoms with Crippen molar-refractivity contribution in [2.45, 2.75) is 59.5 Å². The maximum Gasteiger partial charge on any atom is 0.361 e. The second-order valence-electron chi connectivity index (χ2n) is 8.96. The van der Waals surface area contributed by atoms with Gasteiger partial charge in [-0.2, -0.15) is 0 Å². The number of hydrogen-bond acceptors (Lipinski definition) is 4. The number of esters is 2. The number of fused-ring (bicyclic) bond motifs is 2. The molecule has 3 unspecified atom stereocenters. The van der Waals surface area contributed by atoms with Crippen molar-refractivity contribution in [2.24, 2.45) is 16.7 Å². The second-order valence-corrected chi connectivity index (χ2v) is 8.96. The van der Waals surface area contributed by atoms with Gasteiger partial charge in [0.05, 0.1) is 33.7 Å². The van der Waals surface area contributed by atoms with E-state index in [2.05, 4.69) is 20.8 Å². The third kappa shape index (κ3) is 3.61. The number of nitrogens with zero attached hydrogens (tertiary/aromatic N) is 1. The first-order valence-electron chi connectivity index (χ1n) is 9.19. The minimum absolute atomic E-state index is 0.0411. The van der Waals surface area contributed by atoms with Gasteiger partial charge < -0.3 is 14.0 Å². The van der Waals surface area contributed by atoms with Gasteiger partial charge in [-0.25, -0.2) is 4.79 Å². The molecule has 2 bridgehead atoms. The van der Waals surface area contributed by atoms with Crippen LogP contribution in [0.3, 0.4) is 0 Å². The number of rotatable bonds is 7. The summed E-state index contributed by atoms with van der Waals surface area (Å²) in [6.07, 6.45) is 3.77. The van der Waals surface area contributed by atoms with E-state index in [9.17, 15) is 9.59 Å². The van der Waals surface area contributed by atoms with Crippen molar-refractivity contribution < 1.29 is 23.5 Å². The summed E-state index contributed by atoms with van der Waals surface area (Å²) >= 11 is 0. The summed E-state index contributed by atoms with van der Waals surface area (Å²) in [5.41, 5.74) is 0.347. The van der Waals surface area contributed by atoms with E-state index in [-0.39, 0.29) is 35.4 Å². The van der Waals surface area contributed by atoms with Gasteiger partial charge in [-0.05, 0) is 37.5 Å². The number of likely N-dealkylation sites (N-methyl/N-ethyl adjacent to an activating group) is 1. The lowest BCUT2D eigenvalue weighted by Gasteiger charge is -2.38. The highest BCUT2D eigenvalue weighted by Crippen LogP contribution is 2.66. The Bertz CT molecular complexity index is 500.